The molecule has 0 radical (unpaired) electrons. The average molecular weight is 422 g/mol. The second-order valence-electron chi connectivity index (χ2n) is 12.1. The van der Waals surface area contributed by atoms with Crippen LogP contribution in [0.25, 0.3) is 0 Å². The Morgan fingerprint density at radius 2 is 1.71 bits per heavy atom. The fourth-order valence-electron chi connectivity index (χ4n) is 8.61. The molecule has 31 heavy (non-hydrogen) atoms. The van der Waals surface area contributed by atoms with Crippen LogP contribution in [0.5, 0.6) is 0 Å². The normalized spacial score (nSPS) is 40.1. The van der Waals surface area contributed by atoms with E-state index in [0.717, 1.165) is 41.4 Å². The van der Waals surface area contributed by atoms with Gasteiger partial charge >= 0.3 is 0 Å². The molecular weight excluding hydrogens is 374 g/mol. The van der Waals surface area contributed by atoms with E-state index >= 15 is 0 Å². The molecule has 0 aliphatic heterocycles. The van der Waals surface area contributed by atoms with Crippen LogP contribution in [0.4, 0.5) is 0 Å². The zero-order chi connectivity index (χ0) is 20.9. The molecule has 8 atom stereocenters. The van der Waals surface area contributed by atoms with Crippen molar-refractivity contribution in [1.29, 1.82) is 0 Å². The van der Waals surface area contributed by atoms with Crippen molar-refractivity contribution in [2.24, 2.45) is 46.8 Å². The molecule has 172 valence electrons. The van der Waals surface area contributed by atoms with Crippen molar-refractivity contribution in [3.8, 4) is 0 Å². The van der Waals surface area contributed by atoms with E-state index in [4.69, 9.17) is 0 Å². The molecule has 1 heteroatoms. The standard InChI is InChI=1S/C30H44.H3N/c1-20-5-8-23(9-6-20)10-7-22(3)25-13-14-27-26(25)15-16-29-28(27)12-11-24-19-21(2)17-18-30(24,29)4;/h5-6,8-9,11,21-22,25-29H,7,10,12-19H2,1-4H3;1H3. The van der Waals surface area contributed by atoms with E-state index in [1.807, 2.05) is 5.57 Å². The average Bonchev–Trinajstić information content (AvgIpc) is 3.18. The third-order valence-corrected chi connectivity index (χ3v) is 10.5. The molecule has 1 aromatic carbocycles. The summed E-state index contributed by atoms with van der Waals surface area (Å²) in [6.45, 7) is 9.91. The summed E-state index contributed by atoms with van der Waals surface area (Å²) in [5.74, 6) is 6.85. The third kappa shape index (κ3) is 4.17. The number of hydrogen-bond acceptors (Lipinski definition) is 1. The van der Waals surface area contributed by atoms with E-state index in [-0.39, 0.29) is 6.15 Å². The Hall–Kier alpha value is -1.08. The van der Waals surface area contributed by atoms with E-state index in [2.05, 4.69) is 58.0 Å². The summed E-state index contributed by atoms with van der Waals surface area (Å²) in [5.41, 5.74) is 5.33. The molecular formula is C30H47N. The molecule has 1 aromatic rings. The third-order valence-electron chi connectivity index (χ3n) is 10.5. The smallest absolute Gasteiger partial charge is 0.00851 e. The lowest BCUT2D eigenvalue weighted by atomic mass is 9.49. The van der Waals surface area contributed by atoms with Crippen LogP contribution in [0.15, 0.2) is 35.9 Å². The Morgan fingerprint density at radius 3 is 2.48 bits per heavy atom. The van der Waals surface area contributed by atoms with Crippen molar-refractivity contribution in [3.63, 3.8) is 0 Å². The van der Waals surface area contributed by atoms with Crippen LogP contribution in [-0.2, 0) is 6.42 Å². The summed E-state index contributed by atoms with van der Waals surface area (Å²) >= 11 is 0. The van der Waals surface area contributed by atoms with Gasteiger partial charge in [-0.3, -0.25) is 0 Å². The molecule has 0 heterocycles. The molecule has 1 nitrogen and oxygen atoms in total. The van der Waals surface area contributed by atoms with Gasteiger partial charge in [-0.05, 0) is 124 Å². The largest absolute Gasteiger partial charge is 0.344 e. The van der Waals surface area contributed by atoms with Gasteiger partial charge in [-0.25, -0.2) is 0 Å². The quantitative estimate of drug-likeness (QED) is 0.485. The Bertz CT molecular complexity index is 776. The van der Waals surface area contributed by atoms with E-state index in [9.17, 15) is 0 Å². The Morgan fingerprint density at radius 1 is 0.968 bits per heavy atom. The molecule has 5 rings (SSSR count). The van der Waals surface area contributed by atoms with Crippen LogP contribution in [0.1, 0.15) is 89.7 Å². The molecule has 4 aliphatic rings. The molecule has 3 fully saturated rings. The fraction of sp³-hybridized carbons (Fsp3) is 0.733. The van der Waals surface area contributed by atoms with Crippen LogP contribution in [0.2, 0.25) is 0 Å². The monoisotopic (exact) mass is 421 g/mol. The highest BCUT2D eigenvalue weighted by molar-refractivity contribution is 5.24. The predicted octanol–water partition coefficient (Wildman–Crippen LogP) is 8.55. The maximum Gasteiger partial charge on any atom is -0.00851 e. The van der Waals surface area contributed by atoms with Crippen molar-refractivity contribution in [2.75, 3.05) is 0 Å². The molecule has 3 saturated carbocycles. The molecule has 0 bridgehead atoms. The highest BCUT2D eigenvalue weighted by Gasteiger charge is 2.54. The topological polar surface area (TPSA) is 35.0 Å². The van der Waals surface area contributed by atoms with Gasteiger partial charge in [-0.1, -0.05) is 62.2 Å². The molecule has 0 amide bonds. The van der Waals surface area contributed by atoms with E-state index in [1.165, 1.54) is 75.3 Å². The molecule has 0 aromatic heterocycles. The minimum Gasteiger partial charge on any atom is -0.344 e. The van der Waals surface area contributed by atoms with Crippen molar-refractivity contribution in [1.82, 2.24) is 6.15 Å². The predicted molar refractivity (Wildman–Crippen MR) is 133 cm³/mol. The highest BCUT2D eigenvalue weighted by Crippen LogP contribution is 2.63. The second kappa shape index (κ2) is 9.05. The van der Waals surface area contributed by atoms with Gasteiger partial charge in [-0.15, -0.1) is 0 Å². The van der Waals surface area contributed by atoms with Crippen LogP contribution in [0.3, 0.4) is 0 Å². The molecule has 0 spiro atoms. The fourth-order valence-corrected chi connectivity index (χ4v) is 8.61. The van der Waals surface area contributed by atoms with Gasteiger partial charge in [0.15, 0.2) is 0 Å². The second-order valence-corrected chi connectivity index (χ2v) is 12.1. The summed E-state index contributed by atoms with van der Waals surface area (Å²) in [6.07, 6.45) is 17.2. The van der Waals surface area contributed by atoms with Crippen LogP contribution >= 0.6 is 0 Å². The molecule has 4 aliphatic carbocycles. The number of allylic oxidation sites excluding steroid dienone is 2. The first kappa shape index (κ1) is 23.1. The summed E-state index contributed by atoms with van der Waals surface area (Å²) in [7, 11) is 0. The van der Waals surface area contributed by atoms with Gasteiger partial charge in [0.1, 0.15) is 0 Å². The van der Waals surface area contributed by atoms with Gasteiger partial charge in [-0.2, -0.15) is 0 Å². The Labute approximate surface area is 192 Å². The first-order valence-corrected chi connectivity index (χ1v) is 13.2. The van der Waals surface area contributed by atoms with E-state index in [0.29, 0.717) is 5.41 Å². The minimum absolute atomic E-state index is 0. The number of aryl methyl sites for hydroxylation is 2. The summed E-state index contributed by atoms with van der Waals surface area (Å²) in [6, 6.07) is 9.26. The van der Waals surface area contributed by atoms with Crippen LogP contribution in [0, 0.1) is 53.8 Å². The lowest BCUT2D eigenvalue weighted by Gasteiger charge is -2.55. The first-order valence-electron chi connectivity index (χ1n) is 13.2. The van der Waals surface area contributed by atoms with Gasteiger partial charge in [0.05, 0.1) is 0 Å². The first-order chi connectivity index (χ1) is 14.5. The number of fused-ring (bicyclic) bond motifs is 5. The zero-order valence-electron chi connectivity index (χ0n) is 20.7. The summed E-state index contributed by atoms with van der Waals surface area (Å²) in [5, 5.41) is 0. The Balaban J connectivity index is 0.00000231. The maximum absolute atomic E-state index is 2.74. The molecule has 8 unspecified atom stereocenters. The SMILES string of the molecule is Cc1ccc(CCC(C)C2CCC3C2CCC2C3CC=C3CC(C)CCC32C)cc1.N. The van der Waals surface area contributed by atoms with Gasteiger partial charge in [0.2, 0.25) is 0 Å². The zero-order valence-corrected chi connectivity index (χ0v) is 20.7. The van der Waals surface area contributed by atoms with Gasteiger partial charge in [0.25, 0.3) is 0 Å². The lowest BCUT2D eigenvalue weighted by molar-refractivity contribution is -0.00367. The molecule has 0 saturated heterocycles. The lowest BCUT2D eigenvalue weighted by Crippen LogP contribution is -2.47. The number of rotatable bonds is 4. The van der Waals surface area contributed by atoms with E-state index < -0.39 is 0 Å². The van der Waals surface area contributed by atoms with Gasteiger partial charge < -0.3 is 6.15 Å². The van der Waals surface area contributed by atoms with Gasteiger partial charge in [0, 0.05) is 0 Å². The number of benzene rings is 1. The van der Waals surface area contributed by atoms with Crippen LogP contribution < -0.4 is 6.15 Å². The highest BCUT2D eigenvalue weighted by atomic mass is 14.6. The summed E-state index contributed by atoms with van der Waals surface area (Å²) in [4.78, 5) is 0. The Kier molecular flexibility index (Phi) is 6.74. The van der Waals surface area contributed by atoms with Crippen molar-refractivity contribution >= 4 is 0 Å². The van der Waals surface area contributed by atoms with Crippen LogP contribution in [-0.4, -0.2) is 0 Å². The molecule has 3 N–H and O–H groups in total. The number of hydrogen-bond donors (Lipinski definition) is 1. The van der Waals surface area contributed by atoms with E-state index in [1.54, 1.807) is 0 Å². The minimum atomic E-state index is 0. The summed E-state index contributed by atoms with van der Waals surface area (Å²) < 4.78 is 0. The van der Waals surface area contributed by atoms with Crippen molar-refractivity contribution < 1.29 is 0 Å². The van der Waals surface area contributed by atoms with Crippen molar-refractivity contribution in [3.05, 3.63) is 47.0 Å². The van der Waals surface area contributed by atoms with Crippen molar-refractivity contribution in [2.45, 2.75) is 91.9 Å². The maximum atomic E-state index is 2.74.